The molecule has 0 aliphatic carbocycles. The molecule has 0 fully saturated rings. The Hall–Kier alpha value is -3.27. The standard InChI is InChI=1S/C16H16N4O5S/c1-2-10-8-14(26(24,25)11-6-4-3-5-7-11)13(20(22)23)9-12(10)15(21)19-16(17)18/h3-9H,2H2,1H3,(H4,17,18,19,21). The van der Waals surface area contributed by atoms with E-state index in [1.54, 1.807) is 13.0 Å². The Kier molecular flexibility index (Phi) is 5.36. The average molecular weight is 376 g/mol. The van der Waals surface area contributed by atoms with Gasteiger partial charge in [0.2, 0.25) is 9.84 Å². The molecule has 0 heterocycles. The van der Waals surface area contributed by atoms with Crippen LogP contribution in [0.3, 0.4) is 0 Å². The SMILES string of the molecule is CCc1cc(S(=O)(=O)c2ccccc2)c([N+](=O)[O-])cc1C(=O)N=C(N)N. The van der Waals surface area contributed by atoms with E-state index in [0.717, 1.165) is 12.1 Å². The molecule has 0 saturated heterocycles. The zero-order valence-corrected chi connectivity index (χ0v) is 14.6. The van der Waals surface area contributed by atoms with E-state index in [0.29, 0.717) is 0 Å². The van der Waals surface area contributed by atoms with Crippen LogP contribution in [-0.2, 0) is 16.3 Å². The molecule has 0 aromatic heterocycles. The summed E-state index contributed by atoms with van der Waals surface area (Å²) in [5.41, 5.74) is 9.78. The third-order valence-electron chi connectivity index (χ3n) is 3.57. The molecule has 0 atom stereocenters. The first-order chi connectivity index (χ1) is 12.2. The fraction of sp³-hybridized carbons (Fsp3) is 0.125. The molecule has 2 aromatic rings. The summed E-state index contributed by atoms with van der Waals surface area (Å²) in [6.07, 6.45) is 0.246. The normalized spacial score (nSPS) is 11.0. The van der Waals surface area contributed by atoms with Gasteiger partial charge in [-0.15, -0.1) is 0 Å². The van der Waals surface area contributed by atoms with Gasteiger partial charge in [0.1, 0.15) is 4.90 Å². The zero-order chi connectivity index (χ0) is 19.5. The van der Waals surface area contributed by atoms with Crippen LogP contribution in [0.15, 0.2) is 57.2 Å². The van der Waals surface area contributed by atoms with Crippen LogP contribution < -0.4 is 11.5 Å². The van der Waals surface area contributed by atoms with Gasteiger partial charge in [-0.25, -0.2) is 8.42 Å². The van der Waals surface area contributed by atoms with Gasteiger partial charge in [-0.1, -0.05) is 25.1 Å². The van der Waals surface area contributed by atoms with Crippen LogP contribution in [0, 0.1) is 10.1 Å². The highest BCUT2D eigenvalue weighted by Crippen LogP contribution is 2.32. The monoisotopic (exact) mass is 376 g/mol. The van der Waals surface area contributed by atoms with Crippen molar-refractivity contribution in [3.63, 3.8) is 0 Å². The highest BCUT2D eigenvalue weighted by molar-refractivity contribution is 7.91. The highest BCUT2D eigenvalue weighted by Gasteiger charge is 2.30. The Morgan fingerprint density at radius 3 is 2.31 bits per heavy atom. The second-order valence-corrected chi connectivity index (χ2v) is 7.16. The molecule has 26 heavy (non-hydrogen) atoms. The lowest BCUT2D eigenvalue weighted by molar-refractivity contribution is -0.387. The molecule has 0 saturated carbocycles. The molecular weight excluding hydrogens is 360 g/mol. The van der Waals surface area contributed by atoms with E-state index < -0.39 is 37.2 Å². The van der Waals surface area contributed by atoms with Gasteiger partial charge in [0.25, 0.3) is 11.6 Å². The minimum absolute atomic E-state index is 0.0894. The van der Waals surface area contributed by atoms with Crippen molar-refractivity contribution in [3.05, 3.63) is 63.7 Å². The number of aryl methyl sites for hydroxylation is 1. The Morgan fingerprint density at radius 2 is 1.81 bits per heavy atom. The number of guanidine groups is 1. The smallest absolute Gasteiger partial charge is 0.289 e. The average Bonchev–Trinajstić information content (AvgIpc) is 2.60. The maximum Gasteiger partial charge on any atom is 0.289 e. The molecule has 0 aliphatic heterocycles. The number of rotatable bonds is 5. The molecule has 0 spiro atoms. The van der Waals surface area contributed by atoms with Crippen molar-refractivity contribution in [1.82, 2.24) is 0 Å². The Bertz CT molecular complexity index is 997. The fourth-order valence-corrected chi connectivity index (χ4v) is 3.84. The van der Waals surface area contributed by atoms with E-state index in [2.05, 4.69) is 4.99 Å². The van der Waals surface area contributed by atoms with Crippen LogP contribution in [0.2, 0.25) is 0 Å². The number of aliphatic imine (C=N–C) groups is 1. The number of hydrogen-bond donors (Lipinski definition) is 2. The Balaban J connectivity index is 2.78. The molecule has 2 aromatic carbocycles. The summed E-state index contributed by atoms with van der Waals surface area (Å²) in [7, 11) is -4.15. The lowest BCUT2D eigenvalue weighted by Gasteiger charge is -2.10. The molecule has 0 bridgehead atoms. The number of carbonyl (C=O) groups is 1. The first-order valence-corrected chi connectivity index (χ1v) is 8.92. The summed E-state index contributed by atoms with van der Waals surface area (Å²) in [4.78, 5) is 25.5. The second kappa shape index (κ2) is 7.31. The Labute approximate surface area is 149 Å². The van der Waals surface area contributed by atoms with Crippen LogP contribution >= 0.6 is 0 Å². The van der Waals surface area contributed by atoms with Crippen molar-refractivity contribution in [2.24, 2.45) is 16.5 Å². The molecular formula is C16H16N4O5S. The van der Waals surface area contributed by atoms with Gasteiger partial charge in [0.15, 0.2) is 5.96 Å². The van der Waals surface area contributed by atoms with Gasteiger partial charge < -0.3 is 11.5 Å². The van der Waals surface area contributed by atoms with E-state index in [9.17, 15) is 23.3 Å². The number of nitro groups is 1. The van der Waals surface area contributed by atoms with E-state index >= 15 is 0 Å². The summed E-state index contributed by atoms with van der Waals surface area (Å²) in [6.45, 7) is 1.67. The highest BCUT2D eigenvalue weighted by atomic mass is 32.2. The summed E-state index contributed by atoms with van der Waals surface area (Å²) in [5.74, 6) is -1.38. The maximum atomic E-state index is 12.8. The topological polar surface area (TPSA) is 159 Å². The number of hydrogen-bond acceptors (Lipinski definition) is 5. The molecule has 4 N–H and O–H groups in total. The van der Waals surface area contributed by atoms with Crippen LogP contribution in [0.5, 0.6) is 0 Å². The molecule has 0 unspecified atom stereocenters. The maximum absolute atomic E-state index is 12.8. The molecule has 0 aliphatic rings. The number of nitrogens with zero attached hydrogens (tertiary/aromatic N) is 2. The number of sulfone groups is 1. The summed E-state index contributed by atoms with van der Waals surface area (Å²) in [5, 5.41) is 11.4. The van der Waals surface area contributed by atoms with Crippen molar-refractivity contribution in [3.8, 4) is 0 Å². The number of carbonyl (C=O) groups excluding carboxylic acids is 1. The number of nitrogens with two attached hydrogens (primary N) is 2. The van der Waals surface area contributed by atoms with E-state index in [1.165, 1.54) is 24.3 Å². The van der Waals surface area contributed by atoms with Gasteiger partial charge in [0.05, 0.1) is 15.4 Å². The van der Waals surface area contributed by atoms with Crippen molar-refractivity contribution in [2.75, 3.05) is 0 Å². The van der Waals surface area contributed by atoms with E-state index in [4.69, 9.17) is 11.5 Å². The van der Waals surface area contributed by atoms with Crippen molar-refractivity contribution in [1.29, 1.82) is 0 Å². The molecule has 9 nitrogen and oxygen atoms in total. The van der Waals surface area contributed by atoms with E-state index in [-0.39, 0.29) is 22.4 Å². The van der Waals surface area contributed by atoms with Crippen molar-refractivity contribution >= 4 is 27.4 Å². The van der Waals surface area contributed by atoms with E-state index in [1.807, 2.05) is 0 Å². The van der Waals surface area contributed by atoms with Crippen LogP contribution in [0.25, 0.3) is 0 Å². The second-order valence-electron chi connectivity index (χ2n) is 5.25. The number of amides is 1. The minimum atomic E-state index is -4.15. The lowest BCUT2D eigenvalue weighted by Crippen LogP contribution is -2.24. The first-order valence-electron chi connectivity index (χ1n) is 7.44. The predicted octanol–water partition coefficient (Wildman–Crippen LogP) is 1.40. The van der Waals surface area contributed by atoms with Crippen LogP contribution in [-0.4, -0.2) is 25.2 Å². The third-order valence-corrected chi connectivity index (χ3v) is 5.37. The molecule has 10 heteroatoms. The summed E-state index contributed by atoms with van der Waals surface area (Å²) >= 11 is 0. The van der Waals surface area contributed by atoms with Crippen LogP contribution in [0.4, 0.5) is 5.69 Å². The van der Waals surface area contributed by atoms with Gasteiger partial charge in [-0.2, -0.15) is 4.99 Å². The quantitative estimate of drug-likeness (QED) is 0.345. The van der Waals surface area contributed by atoms with Crippen LogP contribution in [0.1, 0.15) is 22.8 Å². The van der Waals surface area contributed by atoms with Gasteiger partial charge in [-0.3, -0.25) is 14.9 Å². The predicted molar refractivity (Wildman–Crippen MR) is 94.5 cm³/mol. The molecule has 2 rings (SSSR count). The number of benzene rings is 2. The zero-order valence-electron chi connectivity index (χ0n) is 13.7. The molecule has 1 amide bonds. The van der Waals surface area contributed by atoms with Crippen molar-refractivity contribution in [2.45, 2.75) is 23.1 Å². The summed E-state index contributed by atoms with van der Waals surface area (Å²) < 4.78 is 25.7. The minimum Gasteiger partial charge on any atom is -0.370 e. The van der Waals surface area contributed by atoms with Gasteiger partial charge in [-0.05, 0) is 30.2 Å². The molecule has 0 radical (unpaired) electrons. The third kappa shape index (κ3) is 3.70. The largest absolute Gasteiger partial charge is 0.370 e. The van der Waals surface area contributed by atoms with Crippen molar-refractivity contribution < 1.29 is 18.1 Å². The Morgan fingerprint density at radius 1 is 1.19 bits per heavy atom. The van der Waals surface area contributed by atoms with Gasteiger partial charge >= 0.3 is 0 Å². The molecule has 136 valence electrons. The van der Waals surface area contributed by atoms with Gasteiger partial charge in [0, 0.05) is 6.07 Å². The summed E-state index contributed by atoms with van der Waals surface area (Å²) in [6, 6.07) is 9.33. The number of nitro benzene ring substituents is 1. The first kappa shape index (κ1) is 19.1. The fourth-order valence-electron chi connectivity index (χ4n) is 2.36. The lowest BCUT2D eigenvalue weighted by atomic mass is 10.0.